The van der Waals surface area contributed by atoms with Crippen molar-refractivity contribution in [2.75, 3.05) is 12.7 Å². The molecule has 17 heavy (non-hydrogen) atoms. The first-order valence-electron chi connectivity index (χ1n) is 6.45. The van der Waals surface area contributed by atoms with Gasteiger partial charge < -0.3 is 9.88 Å². The average molecular weight is 255 g/mol. The van der Waals surface area contributed by atoms with Crippen molar-refractivity contribution in [3.63, 3.8) is 0 Å². The van der Waals surface area contributed by atoms with Crippen LogP contribution in [0.15, 0.2) is 12.4 Å². The van der Waals surface area contributed by atoms with Crippen molar-refractivity contribution in [2.45, 2.75) is 45.6 Å². The van der Waals surface area contributed by atoms with E-state index >= 15 is 0 Å². The summed E-state index contributed by atoms with van der Waals surface area (Å²) in [5.41, 5.74) is 1.67. The van der Waals surface area contributed by atoms with Crippen LogP contribution in [0.4, 0.5) is 0 Å². The summed E-state index contributed by atoms with van der Waals surface area (Å²) >= 11 is 0. The van der Waals surface area contributed by atoms with Crippen molar-refractivity contribution in [3.8, 4) is 0 Å². The van der Waals surface area contributed by atoms with Gasteiger partial charge in [-0.25, -0.2) is 4.98 Å². The van der Waals surface area contributed by atoms with Crippen LogP contribution in [-0.2, 0) is 13.6 Å². The Labute approximate surface area is 107 Å². The van der Waals surface area contributed by atoms with Gasteiger partial charge in [-0.1, -0.05) is 27.7 Å². The monoisotopic (exact) mass is 255 g/mol. The normalized spacial score (nSPS) is 12.0. The minimum Gasteiger partial charge on any atom is -0.337 e. The van der Waals surface area contributed by atoms with Crippen LogP contribution in [0.5, 0.6) is 0 Å². The zero-order chi connectivity index (χ0) is 12.8. The quantitative estimate of drug-likeness (QED) is 0.600. The number of aromatic nitrogens is 2. The number of rotatable bonds is 7. The fourth-order valence-electron chi connectivity index (χ4n) is 2.09. The van der Waals surface area contributed by atoms with Gasteiger partial charge in [0.2, 0.25) is 0 Å². The Bertz CT molecular complexity index is 312. The molecule has 98 valence electrons. The highest BCUT2D eigenvalue weighted by Crippen LogP contribution is 2.45. The maximum atomic E-state index is 4.31. The van der Waals surface area contributed by atoms with E-state index in [-0.39, 0.29) is 7.92 Å². The fourth-order valence-corrected chi connectivity index (χ4v) is 4.73. The zero-order valence-electron chi connectivity index (χ0n) is 11.8. The highest BCUT2D eigenvalue weighted by molar-refractivity contribution is 7.59. The van der Waals surface area contributed by atoms with Gasteiger partial charge in [0, 0.05) is 19.4 Å². The Balaban J connectivity index is 2.25. The van der Waals surface area contributed by atoms with Gasteiger partial charge in [-0.15, -0.1) is 7.92 Å². The molecule has 1 N–H and O–H groups in total. The topological polar surface area (TPSA) is 29.9 Å². The summed E-state index contributed by atoms with van der Waals surface area (Å²) in [6.45, 7) is 11.4. The first kappa shape index (κ1) is 14.7. The molecule has 0 aliphatic rings. The lowest BCUT2D eigenvalue weighted by Crippen LogP contribution is -2.21. The van der Waals surface area contributed by atoms with Crippen molar-refractivity contribution in [2.24, 2.45) is 7.05 Å². The van der Waals surface area contributed by atoms with E-state index in [4.69, 9.17) is 0 Å². The van der Waals surface area contributed by atoms with Crippen molar-refractivity contribution in [1.82, 2.24) is 14.9 Å². The molecule has 1 rings (SSSR count). The van der Waals surface area contributed by atoms with E-state index in [1.807, 2.05) is 19.4 Å². The number of aryl methyl sites for hydroxylation is 1. The molecule has 0 saturated heterocycles. The summed E-state index contributed by atoms with van der Waals surface area (Å²) in [5, 5.41) is 3.50. The molecule has 0 aromatic carbocycles. The Hall–Kier alpha value is -0.400. The van der Waals surface area contributed by atoms with E-state index in [1.54, 1.807) is 0 Å². The van der Waals surface area contributed by atoms with Crippen LogP contribution in [0.3, 0.4) is 0 Å². The Morgan fingerprint density at radius 3 is 2.41 bits per heavy atom. The predicted octanol–water partition coefficient (Wildman–Crippen LogP) is 2.81. The zero-order valence-corrected chi connectivity index (χ0v) is 12.7. The van der Waals surface area contributed by atoms with Crippen LogP contribution in [-0.4, -0.2) is 33.6 Å². The highest BCUT2D eigenvalue weighted by Gasteiger charge is 2.15. The molecule has 1 aromatic rings. The second kappa shape index (κ2) is 7.13. The number of imidazole rings is 1. The summed E-state index contributed by atoms with van der Waals surface area (Å²) < 4.78 is 2.07. The molecule has 1 aromatic heterocycles. The molecular weight excluding hydrogens is 229 g/mol. The smallest absolute Gasteiger partial charge is 0.122 e. The van der Waals surface area contributed by atoms with Crippen molar-refractivity contribution < 1.29 is 0 Å². The van der Waals surface area contributed by atoms with Gasteiger partial charge in [0.15, 0.2) is 0 Å². The van der Waals surface area contributed by atoms with Crippen molar-refractivity contribution in [1.29, 1.82) is 0 Å². The van der Waals surface area contributed by atoms with E-state index < -0.39 is 0 Å². The van der Waals surface area contributed by atoms with Gasteiger partial charge in [-0.2, -0.15) is 0 Å². The fraction of sp³-hybridized carbons (Fsp3) is 0.769. The largest absolute Gasteiger partial charge is 0.337 e. The summed E-state index contributed by atoms with van der Waals surface area (Å²) in [6, 6.07) is 0. The molecule has 1 heterocycles. The molecule has 3 nitrogen and oxygen atoms in total. The van der Waals surface area contributed by atoms with Crippen LogP contribution in [0.25, 0.3) is 0 Å². The molecule has 0 atom stereocenters. The van der Waals surface area contributed by atoms with Crippen molar-refractivity contribution >= 4 is 7.92 Å². The van der Waals surface area contributed by atoms with Crippen molar-refractivity contribution in [3.05, 3.63) is 18.2 Å². The molecule has 0 radical (unpaired) electrons. The lowest BCUT2D eigenvalue weighted by atomic mass is 10.5. The van der Waals surface area contributed by atoms with E-state index in [0.29, 0.717) is 0 Å². The average Bonchev–Trinajstić information content (AvgIpc) is 2.63. The van der Waals surface area contributed by atoms with E-state index in [9.17, 15) is 0 Å². The minimum absolute atomic E-state index is 0.155. The number of hydrogen-bond donors (Lipinski definition) is 1. The van der Waals surface area contributed by atoms with Crippen LogP contribution < -0.4 is 5.32 Å². The standard InChI is InChI=1S/C13H26N3P/c1-11(2)17(12(3)4)9-7-14-10-13-15-6-8-16(13)5/h6,8,11-12,14H,7,9-10H2,1-5H3. The van der Waals surface area contributed by atoms with E-state index in [1.165, 1.54) is 6.16 Å². The first-order chi connectivity index (χ1) is 8.02. The molecule has 0 spiro atoms. The van der Waals surface area contributed by atoms with E-state index in [0.717, 1.165) is 30.2 Å². The molecule has 0 aliphatic carbocycles. The molecule has 0 fully saturated rings. The molecule has 0 aliphatic heterocycles. The van der Waals surface area contributed by atoms with Gasteiger partial charge in [0.05, 0.1) is 6.54 Å². The highest BCUT2D eigenvalue weighted by atomic mass is 31.1. The van der Waals surface area contributed by atoms with Gasteiger partial charge in [-0.05, 0) is 24.0 Å². The maximum Gasteiger partial charge on any atom is 0.122 e. The minimum atomic E-state index is 0.155. The van der Waals surface area contributed by atoms with E-state index in [2.05, 4.69) is 42.6 Å². The molecule has 0 amide bonds. The molecule has 0 saturated carbocycles. The maximum absolute atomic E-state index is 4.31. The van der Waals surface area contributed by atoms with Gasteiger partial charge in [0.1, 0.15) is 5.82 Å². The second-order valence-corrected chi connectivity index (χ2v) is 8.60. The number of nitrogens with zero attached hydrogens (tertiary/aromatic N) is 2. The molecular formula is C13H26N3P. The molecule has 0 unspecified atom stereocenters. The van der Waals surface area contributed by atoms with Gasteiger partial charge >= 0.3 is 0 Å². The van der Waals surface area contributed by atoms with Gasteiger partial charge in [0.25, 0.3) is 0 Å². The first-order valence-corrected chi connectivity index (χ1v) is 8.11. The third kappa shape index (κ3) is 4.77. The Kier molecular flexibility index (Phi) is 6.15. The van der Waals surface area contributed by atoms with Gasteiger partial charge in [-0.3, -0.25) is 0 Å². The summed E-state index contributed by atoms with van der Waals surface area (Å²) in [4.78, 5) is 4.31. The molecule has 4 heteroatoms. The third-order valence-corrected chi connectivity index (χ3v) is 6.47. The predicted molar refractivity (Wildman–Crippen MR) is 77.0 cm³/mol. The lowest BCUT2D eigenvalue weighted by Gasteiger charge is -2.25. The summed E-state index contributed by atoms with van der Waals surface area (Å²) in [5.74, 6) is 1.11. The van der Waals surface area contributed by atoms with Crippen LogP contribution in [0.2, 0.25) is 0 Å². The number of hydrogen-bond acceptors (Lipinski definition) is 2. The summed E-state index contributed by atoms with van der Waals surface area (Å²) in [7, 11) is 2.20. The SMILES string of the molecule is CC(C)P(CCNCc1nccn1C)C(C)C. The van der Waals surface area contributed by atoms with Crippen LogP contribution in [0, 0.1) is 0 Å². The summed E-state index contributed by atoms with van der Waals surface area (Å²) in [6.07, 6.45) is 5.16. The lowest BCUT2D eigenvalue weighted by molar-refractivity contribution is 0.662. The van der Waals surface area contributed by atoms with Crippen LogP contribution in [0.1, 0.15) is 33.5 Å². The third-order valence-electron chi connectivity index (χ3n) is 3.08. The molecule has 0 bridgehead atoms. The Morgan fingerprint density at radius 2 is 1.94 bits per heavy atom. The number of nitrogens with one attached hydrogen (secondary N) is 1. The van der Waals surface area contributed by atoms with Crippen LogP contribution >= 0.6 is 7.92 Å². The second-order valence-electron chi connectivity index (χ2n) is 5.06. The Morgan fingerprint density at radius 1 is 1.29 bits per heavy atom.